The number of hydrogen-bond donors (Lipinski definition) is 1. The number of aromatic nitrogens is 5. The van der Waals surface area contributed by atoms with Gasteiger partial charge >= 0.3 is 0 Å². The first-order chi connectivity index (χ1) is 12.8. The Labute approximate surface area is 152 Å². The third-order valence-corrected chi connectivity index (χ3v) is 4.53. The van der Waals surface area contributed by atoms with Crippen molar-refractivity contribution in [1.29, 1.82) is 0 Å². The van der Waals surface area contributed by atoms with Crippen LogP contribution in [0.15, 0.2) is 67.4 Å². The summed E-state index contributed by atoms with van der Waals surface area (Å²) in [5, 5.41) is 8.12. The number of nitrogens with zero attached hydrogens (tertiary/aromatic N) is 5. The smallest absolute Gasteiger partial charge is 0.157 e. The molecule has 1 aromatic carbocycles. The lowest BCUT2D eigenvalue weighted by Crippen LogP contribution is -2.16. The van der Waals surface area contributed by atoms with E-state index >= 15 is 0 Å². The minimum absolute atomic E-state index is 0.165. The molecule has 3 heterocycles. The first-order valence-electron chi connectivity index (χ1n) is 8.94. The Kier molecular flexibility index (Phi) is 4.64. The molecule has 26 heavy (non-hydrogen) atoms. The monoisotopic (exact) mass is 346 g/mol. The molecule has 0 aliphatic rings. The maximum absolute atomic E-state index is 4.63. The zero-order chi connectivity index (χ0) is 17.8. The summed E-state index contributed by atoms with van der Waals surface area (Å²) in [6.07, 6.45) is 9.28. The Balaban J connectivity index is 1.65. The number of rotatable bonds is 7. The van der Waals surface area contributed by atoms with E-state index in [-0.39, 0.29) is 6.04 Å². The van der Waals surface area contributed by atoms with Gasteiger partial charge in [-0.1, -0.05) is 37.3 Å². The minimum Gasteiger partial charge on any atom is -0.363 e. The largest absolute Gasteiger partial charge is 0.363 e. The van der Waals surface area contributed by atoms with Crippen molar-refractivity contribution in [3.8, 4) is 0 Å². The normalized spacial score (nSPS) is 12.3. The van der Waals surface area contributed by atoms with Gasteiger partial charge in [-0.25, -0.2) is 9.97 Å². The molecule has 0 amide bonds. The summed E-state index contributed by atoms with van der Waals surface area (Å²) in [6.45, 7) is 3.01. The van der Waals surface area contributed by atoms with Crippen LogP contribution in [-0.2, 0) is 13.0 Å². The second-order valence-electron chi connectivity index (χ2n) is 6.28. The summed E-state index contributed by atoms with van der Waals surface area (Å²) in [4.78, 5) is 8.76. The molecule has 0 saturated heterocycles. The zero-order valence-corrected chi connectivity index (χ0v) is 14.8. The molecule has 0 spiro atoms. The van der Waals surface area contributed by atoms with E-state index in [1.54, 1.807) is 6.20 Å². The van der Waals surface area contributed by atoms with Gasteiger partial charge in [0.25, 0.3) is 0 Å². The van der Waals surface area contributed by atoms with Crippen molar-refractivity contribution in [3.63, 3.8) is 0 Å². The van der Waals surface area contributed by atoms with Gasteiger partial charge in [0.15, 0.2) is 5.65 Å². The number of benzene rings is 1. The quantitative estimate of drug-likeness (QED) is 0.554. The molecule has 1 unspecified atom stereocenters. The third-order valence-electron chi connectivity index (χ3n) is 4.53. The Bertz CT molecular complexity index is 959. The molecule has 4 aromatic rings. The molecule has 0 aliphatic carbocycles. The molecular formula is C20H22N6. The Morgan fingerprint density at radius 2 is 2.00 bits per heavy atom. The highest BCUT2D eigenvalue weighted by atomic mass is 15.3. The third kappa shape index (κ3) is 3.44. The fourth-order valence-electron chi connectivity index (χ4n) is 3.13. The lowest BCUT2D eigenvalue weighted by molar-refractivity contribution is 0.580. The second kappa shape index (κ2) is 7.39. The molecule has 0 aliphatic heterocycles. The maximum Gasteiger partial charge on any atom is 0.157 e. The van der Waals surface area contributed by atoms with Crippen molar-refractivity contribution >= 4 is 11.5 Å². The van der Waals surface area contributed by atoms with E-state index in [0.717, 1.165) is 36.5 Å². The summed E-state index contributed by atoms with van der Waals surface area (Å²) in [7, 11) is 0. The molecule has 0 fully saturated rings. The predicted molar refractivity (Wildman–Crippen MR) is 102 cm³/mol. The van der Waals surface area contributed by atoms with Crippen LogP contribution >= 0.6 is 0 Å². The summed E-state index contributed by atoms with van der Waals surface area (Å²) in [6, 6.07) is 14.7. The molecule has 0 saturated carbocycles. The summed E-state index contributed by atoms with van der Waals surface area (Å²) in [5.74, 6) is 0.969. The lowest BCUT2D eigenvalue weighted by Gasteiger charge is -2.21. The lowest BCUT2D eigenvalue weighted by atomic mass is 10.0. The van der Waals surface area contributed by atoms with Gasteiger partial charge in [-0.2, -0.15) is 9.61 Å². The molecule has 0 radical (unpaired) electrons. The Hall–Kier alpha value is -3.15. The van der Waals surface area contributed by atoms with E-state index in [1.165, 1.54) is 5.56 Å². The topological polar surface area (TPSA) is 60.0 Å². The highest BCUT2D eigenvalue weighted by molar-refractivity contribution is 5.50. The van der Waals surface area contributed by atoms with Crippen LogP contribution in [-0.4, -0.2) is 24.1 Å². The molecule has 1 atom stereocenters. The van der Waals surface area contributed by atoms with E-state index in [0.29, 0.717) is 0 Å². The molecule has 1 N–H and O–H groups in total. The van der Waals surface area contributed by atoms with Gasteiger partial charge in [0.2, 0.25) is 0 Å². The van der Waals surface area contributed by atoms with Crippen LogP contribution in [0.3, 0.4) is 0 Å². The standard InChI is InChI=1S/C20H22N6/c1-2-17-14-20(26-19(23-17)8-10-22-26)24-18(16-6-4-3-5-7-16)9-12-25-13-11-21-15-25/h3-8,10-11,13-15,18,24H,2,9,12H2,1H3. The summed E-state index contributed by atoms with van der Waals surface area (Å²) in [5.41, 5.74) is 3.18. The molecule has 0 bridgehead atoms. The van der Waals surface area contributed by atoms with E-state index in [4.69, 9.17) is 0 Å². The van der Waals surface area contributed by atoms with Crippen molar-refractivity contribution in [2.75, 3.05) is 5.32 Å². The van der Waals surface area contributed by atoms with E-state index in [9.17, 15) is 0 Å². The van der Waals surface area contributed by atoms with Gasteiger partial charge in [0.1, 0.15) is 5.82 Å². The van der Waals surface area contributed by atoms with Crippen molar-refractivity contribution in [3.05, 3.63) is 78.6 Å². The van der Waals surface area contributed by atoms with Crippen LogP contribution in [0, 0.1) is 0 Å². The average molecular weight is 346 g/mol. The number of hydrogen-bond acceptors (Lipinski definition) is 4. The number of aryl methyl sites for hydroxylation is 2. The van der Waals surface area contributed by atoms with Gasteiger partial charge in [-0.3, -0.25) is 0 Å². The van der Waals surface area contributed by atoms with E-state index in [1.807, 2.05) is 35.4 Å². The number of fused-ring (bicyclic) bond motifs is 1. The summed E-state index contributed by atoms with van der Waals surface area (Å²) < 4.78 is 3.97. The number of anilines is 1. The molecule has 3 aromatic heterocycles. The van der Waals surface area contributed by atoms with E-state index in [2.05, 4.69) is 62.2 Å². The molecule has 6 nitrogen and oxygen atoms in total. The van der Waals surface area contributed by atoms with Gasteiger partial charge in [0, 0.05) is 36.8 Å². The molecule has 6 heteroatoms. The van der Waals surface area contributed by atoms with Crippen LogP contribution in [0.5, 0.6) is 0 Å². The molecule has 132 valence electrons. The highest BCUT2D eigenvalue weighted by Crippen LogP contribution is 2.24. The van der Waals surface area contributed by atoms with Crippen molar-refractivity contribution in [1.82, 2.24) is 24.1 Å². The fraction of sp³-hybridized carbons (Fsp3) is 0.250. The number of imidazole rings is 1. The maximum atomic E-state index is 4.63. The number of nitrogens with one attached hydrogen (secondary N) is 1. The van der Waals surface area contributed by atoms with Crippen LogP contribution in [0.25, 0.3) is 5.65 Å². The fourth-order valence-corrected chi connectivity index (χ4v) is 3.13. The predicted octanol–water partition coefficient (Wildman–Crippen LogP) is 3.73. The van der Waals surface area contributed by atoms with Crippen LogP contribution in [0.1, 0.15) is 30.6 Å². The van der Waals surface area contributed by atoms with Gasteiger partial charge in [-0.15, -0.1) is 0 Å². The van der Waals surface area contributed by atoms with Crippen LogP contribution in [0.4, 0.5) is 5.82 Å². The van der Waals surface area contributed by atoms with Crippen molar-refractivity contribution < 1.29 is 0 Å². The van der Waals surface area contributed by atoms with Crippen LogP contribution < -0.4 is 5.32 Å². The van der Waals surface area contributed by atoms with E-state index < -0.39 is 0 Å². The first kappa shape index (κ1) is 16.3. The summed E-state index contributed by atoms with van der Waals surface area (Å²) >= 11 is 0. The van der Waals surface area contributed by atoms with Gasteiger partial charge < -0.3 is 9.88 Å². The van der Waals surface area contributed by atoms with Gasteiger partial charge in [0.05, 0.1) is 18.6 Å². The minimum atomic E-state index is 0.165. The van der Waals surface area contributed by atoms with Gasteiger partial charge in [-0.05, 0) is 18.4 Å². The molecule has 4 rings (SSSR count). The second-order valence-corrected chi connectivity index (χ2v) is 6.28. The molecular weight excluding hydrogens is 324 g/mol. The van der Waals surface area contributed by atoms with Crippen molar-refractivity contribution in [2.24, 2.45) is 0 Å². The first-order valence-corrected chi connectivity index (χ1v) is 8.94. The van der Waals surface area contributed by atoms with Crippen molar-refractivity contribution in [2.45, 2.75) is 32.4 Å². The Morgan fingerprint density at radius 3 is 2.77 bits per heavy atom. The highest BCUT2D eigenvalue weighted by Gasteiger charge is 2.14. The average Bonchev–Trinajstić information content (AvgIpc) is 3.37. The Morgan fingerprint density at radius 1 is 1.12 bits per heavy atom. The SMILES string of the molecule is CCc1cc(NC(CCn2ccnc2)c2ccccc2)n2nccc2n1. The zero-order valence-electron chi connectivity index (χ0n) is 14.8. The van der Waals surface area contributed by atoms with Crippen LogP contribution in [0.2, 0.25) is 0 Å².